The number of aromatic amines is 1. The number of rotatable bonds is 0. The Hall–Kier alpha value is 0.640. The first kappa shape index (κ1) is 4.79. The average Bonchev–Trinajstić information content (AvgIpc) is 1.86. The first-order valence-corrected chi connectivity index (χ1v) is 6.22. The van der Waals surface area contributed by atoms with Gasteiger partial charge in [-0.1, -0.05) is 0 Å². The zero-order valence-corrected chi connectivity index (χ0v) is 5.81. The highest BCUT2D eigenvalue weighted by molar-refractivity contribution is 8.11. The van der Waals surface area contributed by atoms with E-state index in [0.29, 0.717) is 0 Å². The molecule has 0 amide bonds. The van der Waals surface area contributed by atoms with E-state index in [9.17, 15) is 4.55 Å². The van der Waals surface area contributed by atoms with Gasteiger partial charge in [0.1, 0.15) is 9.34 Å². The fourth-order valence-electron chi connectivity index (χ4n) is 0.0947. The van der Waals surface area contributed by atoms with Gasteiger partial charge in [-0.05, 0) is 9.95 Å². The minimum Gasteiger partial charge on any atom is -0.696 e. The molecule has 0 saturated carbocycles. The van der Waals surface area contributed by atoms with Gasteiger partial charge in [-0.3, -0.25) is 0 Å². The molecule has 0 fully saturated rings. The Morgan fingerprint density at radius 3 is 2.67 bits per heavy atom. The maximum Gasteiger partial charge on any atom is 0.256 e. The van der Waals surface area contributed by atoms with Crippen LogP contribution in [0.2, 0.25) is 0 Å². The first-order valence-electron chi connectivity index (χ1n) is 1.07. The third kappa shape index (κ3) is 1.05. The zero-order chi connectivity index (χ0) is 4.41. The monoisotopic (exact) mass is 159 g/mol. The smallest absolute Gasteiger partial charge is 0.256 e. The van der Waals surface area contributed by atoms with Crippen LogP contribution in [0.5, 0.6) is 0 Å². The summed E-state index contributed by atoms with van der Waals surface area (Å²) in [5.74, 6) is 0. The second kappa shape index (κ2) is 2.08. The highest BCUT2D eigenvalue weighted by atomic mass is 33.4. The van der Waals surface area contributed by atoms with E-state index >= 15 is 0 Å². The van der Waals surface area contributed by atoms with Crippen LogP contribution in [0.3, 0.4) is 0 Å². The van der Waals surface area contributed by atoms with E-state index in [-0.39, 0.29) is 0 Å². The Morgan fingerprint density at radius 2 is 2.50 bits per heavy atom. The molecule has 1 aromatic rings. The predicted molar refractivity (Wildman–Crippen MR) is 30.7 cm³/mol. The second-order valence-electron chi connectivity index (χ2n) is 0.537. The van der Waals surface area contributed by atoms with Gasteiger partial charge >= 0.3 is 0 Å². The summed E-state index contributed by atoms with van der Waals surface area (Å²) in [6, 6.07) is 0. The highest BCUT2D eigenvalue weighted by Gasteiger charge is 1.82. The topological polar surface area (TPSA) is 38.8 Å². The fourth-order valence-corrected chi connectivity index (χ4v) is 6.92. The molecule has 6 heavy (non-hydrogen) atoms. The van der Waals surface area contributed by atoms with E-state index in [1.165, 1.54) is 29.2 Å². The minimum absolute atomic E-state index is 0.830. The molecule has 1 aromatic heterocycles. The molecule has 0 bridgehead atoms. The van der Waals surface area contributed by atoms with Gasteiger partial charge in [0.15, 0.2) is 0 Å². The molecule has 1 atom stereocenters. The quantitative estimate of drug-likeness (QED) is 0.456. The lowest BCUT2D eigenvalue weighted by molar-refractivity contribution is 0.597. The molecule has 0 aliphatic heterocycles. The van der Waals surface area contributed by atoms with Gasteiger partial charge < -0.3 is 4.55 Å². The maximum absolute atomic E-state index is 10.2. The van der Waals surface area contributed by atoms with Crippen LogP contribution in [-0.2, 0) is 0 Å². The molecule has 2 nitrogen and oxygen atoms in total. The Balaban J connectivity index is 3.05. The number of hydrogen-bond donors (Lipinski definition) is 1. The third-order valence-electron chi connectivity index (χ3n) is 0.226. The van der Waals surface area contributed by atoms with Gasteiger partial charge in [0.05, 0.1) is 0 Å². The van der Waals surface area contributed by atoms with Crippen molar-refractivity contribution in [3.63, 3.8) is 0 Å². The molecule has 0 aromatic carbocycles. The van der Waals surface area contributed by atoms with Gasteiger partial charge in [0, 0.05) is 0 Å². The van der Waals surface area contributed by atoms with E-state index in [2.05, 4.69) is 3.76 Å². The summed E-state index contributed by atoms with van der Waals surface area (Å²) < 4.78 is 12.8. The van der Waals surface area contributed by atoms with E-state index < -0.39 is 9.95 Å². The van der Waals surface area contributed by atoms with Gasteiger partial charge in [0.25, 0.3) is 10.5 Å². The highest BCUT2D eigenvalue weighted by Crippen LogP contribution is 2.23. The van der Waals surface area contributed by atoms with Crippen molar-refractivity contribution in [1.29, 1.82) is 0 Å². The van der Waals surface area contributed by atoms with Gasteiger partial charge in [-0.25, -0.2) is 0 Å². The van der Waals surface area contributed by atoms with Gasteiger partial charge in [-0.15, -0.1) is 3.76 Å². The second-order valence-corrected chi connectivity index (χ2v) is 6.79. The number of aromatic nitrogens is 1. The Bertz CT molecular complexity index is 111. The van der Waals surface area contributed by atoms with E-state index in [1.807, 2.05) is 0 Å². The summed E-state index contributed by atoms with van der Waals surface area (Å²) >= 11 is 0. The van der Waals surface area contributed by atoms with Crippen molar-refractivity contribution < 1.29 is 4.55 Å². The Labute approximate surface area is 47.6 Å². The van der Waals surface area contributed by atoms with Crippen LogP contribution in [0.25, 0.3) is 0 Å². The molecule has 1 unspecified atom stereocenters. The molecule has 1 rings (SSSR count). The minimum atomic E-state index is -0.830. The van der Waals surface area contributed by atoms with E-state index in [1.54, 1.807) is 0 Å². The Kier molecular flexibility index (Phi) is 1.66. The lowest BCUT2D eigenvalue weighted by Crippen LogP contribution is -1.44. The van der Waals surface area contributed by atoms with Crippen LogP contribution < -0.4 is 0 Å². The van der Waals surface area contributed by atoms with Crippen LogP contribution in [-0.4, -0.2) is 8.32 Å². The van der Waals surface area contributed by atoms with Crippen molar-refractivity contribution >= 4 is 39.2 Å². The molecular formula is HNOS4. The fraction of sp³-hybridized carbons (Fsp3) is 0. The first-order chi connectivity index (χ1) is 2.89. The van der Waals surface area contributed by atoms with Crippen molar-refractivity contribution in [3.8, 4) is 0 Å². The summed E-state index contributed by atoms with van der Waals surface area (Å²) in [7, 11) is 3.42. The van der Waals surface area contributed by atoms with Crippen molar-refractivity contribution in [2.24, 2.45) is 0 Å². The molecule has 0 spiro atoms. The van der Waals surface area contributed by atoms with Crippen LogP contribution in [0.15, 0.2) is 0 Å². The molecule has 0 aliphatic carbocycles. The van der Waals surface area contributed by atoms with Crippen molar-refractivity contribution in [1.82, 2.24) is 3.76 Å². The average molecular weight is 159 g/mol. The molecule has 1 heterocycles. The van der Waals surface area contributed by atoms with Gasteiger partial charge in [0.2, 0.25) is 9.34 Å². The molecule has 36 valence electrons. The number of nitrogens with one attached hydrogen (secondary N) is 1. The third-order valence-corrected chi connectivity index (χ3v) is 6.98. The Morgan fingerprint density at radius 1 is 1.67 bits per heavy atom. The lowest BCUT2D eigenvalue weighted by Gasteiger charge is -1.80. The molecule has 1 N–H and O–H groups in total. The summed E-state index contributed by atoms with van der Waals surface area (Å²) in [5.41, 5.74) is 0. The van der Waals surface area contributed by atoms with Crippen molar-refractivity contribution in [2.45, 2.75) is 0 Å². The summed E-state index contributed by atoms with van der Waals surface area (Å²) in [6.07, 6.45) is 0. The van der Waals surface area contributed by atoms with Gasteiger partial charge in [-0.2, -0.15) is 0 Å². The summed E-state index contributed by atoms with van der Waals surface area (Å²) in [5, 5.41) is 0. The SMILES string of the molecule is [O-][s+]1[nH]sss1. The molecule has 0 aliphatic rings. The number of H-pyrrole nitrogens is 1. The van der Waals surface area contributed by atoms with E-state index in [0.717, 1.165) is 0 Å². The normalized spacial score (nSPS) is 11.8. The molecule has 0 radical (unpaired) electrons. The largest absolute Gasteiger partial charge is 0.696 e. The van der Waals surface area contributed by atoms with Crippen LogP contribution >= 0.6 is 39.2 Å². The molecular weight excluding hydrogens is 158 g/mol. The van der Waals surface area contributed by atoms with E-state index in [4.69, 9.17) is 0 Å². The molecule has 0 saturated heterocycles. The molecule has 6 heteroatoms. The lowest BCUT2D eigenvalue weighted by atomic mass is 13.9. The maximum atomic E-state index is 10.2. The van der Waals surface area contributed by atoms with Crippen LogP contribution in [0.4, 0.5) is 0 Å². The predicted octanol–water partition coefficient (Wildman–Crippen LogP) is 2.05. The van der Waals surface area contributed by atoms with Crippen molar-refractivity contribution in [2.75, 3.05) is 0 Å². The summed E-state index contributed by atoms with van der Waals surface area (Å²) in [6.45, 7) is 0. The standard InChI is InChI=1S/HNOS4/c2-6-1-3-4-5-6/h1H. The van der Waals surface area contributed by atoms with Crippen LogP contribution in [0.1, 0.15) is 0 Å². The summed E-state index contributed by atoms with van der Waals surface area (Å²) in [4.78, 5) is 0. The van der Waals surface area contributed by atoms with Crippen molar-refractivity contribution in [3.05, 3.63) is 0 Å². The number of hydrogen-bond acceptors (Lipinski definition) is 4. The zero-order valence-electron chi connectivity index (χ0n) is 2.54. The van der Waals surface area contributed by atoms with Crippen LogP contribution in [0, 0.1) is 0 Å².